The Kier molecular flexibility index (Phi) is 3.55. The van der Waals surface area contributed by atoms with Gasteiger partial charge in [-0.05, 0) is 6.07 Å². The monoisotopic (exact) mass is 279 g/mol. The van der Waals surface area contributed by atoms with Crippen molar-refractivity contribution in [3.8, 4) is 16.6 Å². The molecule has 0 spiro atoms. The number of aromatic nitrogens is 2. The van der Waals surface area contributed by atoms with Gasteiger partial charge in [0.25, 0.3) is 0 Å². The maximum atomic E-state index is 11.4. The Morgan fingerprint density at radius 2 is 2.33 bits per heavy atom. The van der Waals surface area contributed by atoms with Crippen LogP contribution in [0.2, 0.25) is 5.15 Å². The molecule has 5 nitrogen and oxygen atoms in total. The summed E-state index contributed by atoms with van der Waals surface area (Å²) in [6, 6.07) is 3.61. The SMILES string of the molecule is COC(=O)c1sc(-c2cncc(C#N)c2)nc1Cl. The van der Waals surface area contributed by atoms with E-state index in [9.17, 15) is 4.79 Å². The van der Waals surface area contributed by atoms with Gasteiger partial charge in [0.15, 0.2) is 10.0 Å². The highest BCUT2D eigenvalue weighted by Crippen LogP contribution is 2.31. The van der Waals surface area contributed by atoms with E-state index in [4.69, 9.17) is 16.9 Å². The minimum absolute atomic E-state index is 0.0872. The van der Waals surface area contributed by atoms with Crippen LogP contribution in [0.15, 0.2) is 18.5 Å². The summed E-state index contributed by atoms with van der Waals surface area (Å²) in [5, 5.41) is 9.39. The van der Waals surface area contributed by atoms with E-state index in [1.807, 2.05) is 6.07 Å². The van der Waals surface area contributed by atoms with Crippen LogP contribution in [0, 0.1) is 11.3 Å². The molecule has 90 valence electrons. The summed E-state index contributed by atoms with van der Waals surface area (Å²) in [5.41, 5.74) is 1.05. The Labute approximate surface area is 112 Å². The molecule has 2 aromatic rings. The largest absolute Gasteiger partial charge is 0.465 e. The number of carbonyl (C=O) groups is 1. The lowest BCUT2D eigenvalue weighted by Gasteiger charge is -1.95. The fourth-order valence-electron chi connectivity index (χ4n) is 1.26. The number of hydrogen-bond donors (Lipinski definition) is 0. The van der Waals surface area contributed by atoms with E-state index in [1.54, 1.807) is 12.3 Å². The predicted octanol–water partition coefficient (Wildman–Crippen LogP) is 2.52. The van der Waals surface area contributed by atoms with Gasteiger partial charge in [-0.15, -0.1) is 11.3 Å². The number of halogens is 1. The van der Waals surface area contributed by atoms with E-state index >= 15 is 0 Å². The number of rotatable bonds is 2. The molecule has 18 heavy (non-hydrogen) atoms. The standard InChI is InChI=1S/C11H6ClN3O2S/c1-17-11(16)8-9(12)15-10(18-8)7-2-6(3-13)4-14-5-7/h2,4-5H,1H3. The molecule has 0 radical (unpaired) electrons. The Morgan fingerprint density at radius 1 is 1.56 bits per heavy atom. The van der Waals surface area contributed by atoms with E-state index in [2.05, 4.69) is 14.7 Å². The molecule has 0 aliphatic rings. The van der Waals surface area contributed by atoms with Crippen molar-refractivity contribution in [1.29, 1.82) is 5.26 Å². The first-order valence-corrected chi connectivity index (χ1v) is 5.95. The first kappa shape index (κ1) is 12.5. The number of nitrogens with zero attached hydrogens (tertiary/aromatic N) is 3. The molecule has 0 saturated carbocycles. The van der Waals surface area contributed by atoms with Crippen molar-refractivity contribution >= 4 is 28.9 Å². The lowest BCUT2D eigenvalue weighted by Crippen LogP contribution is -1.98. The van der Waals surface area contributed by atoms with Crippen LogP contribution in [-0.4, -0.2) is 23.0 Å². The normalized spacial score (nSPS) is 9.83. The molecule has 0 fully saturated rings. The predicted molar refractivity (Wildman–Crippen MR) is 66.4 cm³/mol. The number of ether oxygens (including phenoxy) is 1. The van der Waals surface area contributed by atoms with Gasteiger partial charge in [0, 0.05) is 18.0 Å². The van der Waals surface area contributed by atoms with Crippen LogP contribution in [0.5, 0.6) is 0 Å². The highest BCUT2D eigenvalue weighted by Gasteiger charge is 2.18. The van der Waals surface area contributed by atoms with Crippen LogP contribution in [0.1, 0.15) is 15.2 Å². The molecule has 0 bridgehead atoms. The molecule has 7 heteroatoms. The minimum atomic E-state index is -0.534. The van der Waals surface area contributed by atoms with Crippen molar-refractivity contribution < 1.29 is 9.53 Å². The Morgan fingerprint density at radius 3 is 3.00 bits per heavy atom. The highest BCUT2D eigenvalue weighted by molar-refractivity contribution is 7.17. The van der Waals surface area contributed by atoms with E-state index < -0.39 is 5.97 Å². The topological polar surface area (TPSA) is 75.9 Å². The number of thiazole rings is 1. The summed E-state index contributed by atoms with van der Waals surface area (Å²) in [6.07, 6.45) is 3.00. The van der Waals surface area contributed by atoms with Gasteiger partial charge < -0.3 is 4.74 Å². The van der Waals surface area contributed by atoms with Crippen molar-refractivity contribution in [2.24, 2.45) is 0 Å². The summed E-state index contributed by atoms with van der Waals surface area (Å²) in [6.45, 7) is 0. The van der Waals surface area contributed by atoms with Gasteiger partial charge >= 0.3 is 5.97 Å². The second kappa shape index (κ2) is 5.12. The number of hydrogen-bond acceptors (Lipinski definition) is 6. The van der Waals surface area contributed by atoms with E-state index in [1.165, 1.54) is 13.3 Å². The van der Waals surface area contributed by atoms with Crippen molar-refractivity contribution in [1.82, 2.24) is 9.97 Å². The summed E-state index contributed by atoms with van der Waals surface area (Å²) in [7, 11) is 1.27. The lowest BCUT2D eigenvalue weighted by molar-refractivity contribution is 0.0606. The van der Waals surface area contributed by atoms with Gasteiger partial charge in [-0.3, -0.25) is 4.98 Å². The Balaban J connectivity index is 2.46. The third kappa shape index (κ3) is 2.32. The van der Waals surface area contributed by atoms with Crippen molar-refractivity contribution in [2.45, 2.75) is 0 Å². The van der Waals surface area contributed by atoms with E-state index in [-0.39, 0.29) is 10.0 Å². The average molecular weight is 280 g/mol. The zero-order chi connectivity index (χ0) is 13.1. The molecule has 0 aromatic carbocycles. The molecule has 0 amide bonds. The zero-order valence-corrected chi connectivity index (χ0v) is 10.7. The van der Waals surface area contributed by atoms with Gasteiger partial charge in [0.05, 0.1) is 12.7 Å². The molecule has 2 heterocycles. The van der Waals surface area contributed by atoms with Gasteiger partial charge in [0.1, 0.15) is 11.1 Å². The minimum Gasteiger partial charge on any atom is -0.465 e. The van der Waals surface area contributed by atoms with Crippen molar-refractivity contribution in [2.75, 3.05) is 7.11 Å². The average Bonchev–Trinajstić information content (AvgIpc) is 2.80. The third-order valence-electron chi connectivity index (χ3n) is 2.07. The first-order chi connectivity index (χ1) is 8.65. The smallest absolute Gasteiger partial charge is 0.351 e. The number of pyridine rings is 1. The quantitative estimate of drug-likeness (QED) is 0.790. The molecule has 2 rings (SSSR count). The molecule has 2 aromatic heterocycles. The second-order valence-corrected chi connectivity index (χ2v) is 4.56. The third-order valence-corrected chi connectivity index (χ3v) is 3.54. The van der Waals surface area contributed by atoms with Crippen LogP contribution in [-0.2, 0) is 4.74 Å². The summed E-state index contributed by atoms with van der Waals surface area (Å²) >= 11 is 6.95. The van der Waals surface area contributed by atoms with Gasteiger partial charge in [0.2, 0.25) is 0 Å². The van der Waals surface area contributed by atoms with Gasteiger partial charge in [-0.25, -0.2) is 9.78 Å². The van der Waals surface area contributed by atoms with Crippen LogP contribution >= 0.6 is 22.9 Å². The van der Waals surface area contributed by atoms with Crippen LogP contribution in [0.3, 0.4) is 0 Å². The highest BCUT2D eigenvalue weighted by atomic mass is 35.5. The summed E-state index contributed by atoms with van der Waals surface area (Å²) in [5.74, 6) is -0.534. The maximum Gasteiger partial charge on any atom is 0.351 e. The fourth-order valence-corrected chi connectivity index (χ4v) is 2.45. The Bertz CT molecular complexity index is 648. The van der Waals surface area contributed by atoms with Gasteiger partial charge in [-0.2, -0.15) is 5.26 Å². The molecule has 0 aliphatic carbocycles. The number of methoxy groups -OCH3 is 1. The number of carbonyl (C=O) groups excluding carboxylic acids is 1. The van der Waals surface area contributed by atoms with Crippen LogP contribution in [0.4, 0.5) is 0 Å². The number of esters is 1. The molecule has 0 N–H and O–H groups in total. The molecule has 0 aliphatic heterocycles. The van der Waals surface area contributed by atoms with Gasteiger partial charge in [-0.1, -0.05) is 11.6 Å². The second-order valence-electron chi connectivity index (χ2n) is 3.20. The molecule has 0 atom stereocenters. The van der Waals surface area contributed by atoms with Crippen LogP contribution < -0.4 is 0 Å². The van der Waals surface area contributed by atoms with E-state index in [0.717, 1.165) is 11.3 Å². The molecule has 0 saturated heterocycles. The summed E-state index contributed by atoms with van der Waals surface area (Å²) < 4.78 is 4.59. The fraction of sp³-hybridized carbons (Fsp3) is 0.0909. The zero-order valence-electron chi connectivity index (χ0n) is 9.18. The van der Waals surface area contributed by atoms with Crippen LogP contribution in [0.25, 0.3) is 10.6 Å². The lowest BCUT2D eigenvalue weighted by atomic mass is 10.2. The molecular weight excluding hydrogens is 274 g/mol. The van der Waals surface area contributed by atoms with E-state index in [0.29, 0.717) is 16.1 Å². The Hall–Kier alpha value is -1.97. The molecular formula is C11H6ClN3O2S. The maximum absolute atomic E-state index is 11.4. The first-order valence-electron chi connectivity index (χ1n) is 4.76. The van der Waals surface area contributed by atoms with Crippen molar-refractivity contribution in [3.63, 3.8) is 0 Å². The number of nitriles is 1. The van der Waals surface area contributed by atoms with Crippen molar-refractivity contribution in [3.05, 3.63) is 34.1 Å². The molecule has 0 unspecified atom stereocenters. The summed E-state index contributed by atoms with van der Waals surface area (Å²) in [4.78, 5) is 19.6.